The smallest absolute Gasteiger partial charge is 0.223 e. The lowest BCUT2D eigenvalue weighted by atomic mass is 9.93. The fourth-order valence-electron chi connectivity index (χ4n) is 3.22. The molecule has 1 aliphatic carbocycles. The number of nitrogens with two attached hydrogens (primary N) is 1. The topological polar surface area (TPSA) is 46.3 Å². The zero-order chi connectivity index (χ0) is 13.4. The van der Waals surface area contributed by atoms with Crippen LogP contribution in [0.5, 0.6) is 0 Å². The van der Waals surface area contributed by atoms with Gasteiger partial charge in [-0.15, -0.1) is 0 Å². The Morgan fingerprint density at radius 2 is 1.95 bits per heavy atom. The molecule has 19 heavy (non-hydrogen) atoms. The molecule has 3 rings (SSSR count). The van der Waals surface area contributed by atoms with Crippen molar-refractivity contribution in [1.29, 1.82) is 0 Å². The molecule has 2 atom stereocenters. The van der Waals surface area contributed by atoms with Crippen molar-refractivity contribution in [2.24, 2.45) is 5.73 Å². The van der Waals surface area contributed by atoms with Gasteiger partial charge in [-0.2, -0.15) is 0 Å². The molecule has 1 saturated carbocycles. The Bertz CT molecular complexity index is 481. The maximum absolute atomic E-state index is 12.4. The molecule has 2 unspecified atom stereocenters. The number of aryl methyl sites for hydroxylation is 1. The average Bonchev–Trinajstić information content (AvgIpc) is 3.20. The van der Waals surface area contributed by atoms with Gasteiger partial charge in [0.15, 0.2) is 0 Å². The monoisotopic (exact) mass is 258 g/mol. The van der Waals surface area contributed by atoms with Crippen LogP contribution in [0.3, 0.4) is 0 Å². The lowest BCUT2D eigenvalue weighted by Gasteiger charge is -2.35. The minimum absolute atomic E-state index is 0.0631. The summed E-state index contributed by atoms with van der Waals surface area (Å²) in [6.45, 7) is 2.11. The first-order valence-corrected chi connectivity index (χ1v) is 7.31. The lowest BCUT2D eigenvalue weighted by molar-refractivity contribution is -0.133. The number of amides is 1. The van der Waals surface area contributed by atoms with Crippen LogP contribution in [0.2, 0.25) is 0 Å². The number of carbonyl (C=O) groups excluding carboxylic acids is 1. The number of likely N-dealkylation sites (tertiary alicyclic amines) is 1. The molecule has 1 heterocycles. The standard InChI is InChI=1S/C16H22N2O/c1-11-5-2-3-6-13(11)16-14(17)7-4-8-15(19)18(16)12-9-10-12/h2-3,5-6,12,14,16H,4,7-10,17H2,1H3. The summed E-state index contributed by atoms with van der Waals surface area (Å²) >= 11 is 0. The van der Waals surface area contributed by atoms with E-state index in [0.29, 0.717) is 18.4 Å². The first kappa shape index (κ1) is 12.7. The van der Waals surface area contributed by atoms with Crippen molar-refractivity contribution < 1.29 is 4.79 Å². The molecule has 2 aliphatic rings. The third kappa shape index (κ3) is 2.39. The minimum Gasteiger partial charge on any atom is -0.331 e. The molecule has 102 valence electrons. The largest absolute Gasteiger partial charge is 0.331 e. The van der Waals surface area contributed by atoms with Gasteiger partial charge in [0, 0.05) is 18.5 Å². The first-order chi connectivity index (χ1) is 9.18. The highest BCUT2D eigenvalue weighted by molar-refractivity contribution is 5.78. The molecule has 1 aromatic rings. The molecule has 0 spiro atoms. The Morgan fingerprint density at radius 1 is 1.21 bits per heavy atom. The molecular weight excluding hydrogens is 236 g/mol. The molecule has 1 aliphatic heterocycles. The summed E-state index contributed by atoms with van der Waals surface area (Å²) < 4.78 is 0. The summed E-state index contributed by atoms with van der Waals surface area (Å²) in [6, 6.07) is 8.91. The molecule has 3 heteroatoms. The van der Waals surface area contributed by atoms with E-state index in [-0.39, 0.29) is 12.1 Å². The van der Waals surface area contributed by atoms with Crippen LogP contribution in [-0.4, -0.2) is 22.9 Å². The Morgan fingerprint density at radius 3 is 2.63 bits per heavy atom. The second kappa shape index (κ2) is 4.97. The zero-order valence-corrected chi connectivity index (χ0v) is 11.5. The van der Waals surface area contributed by atoms with Gasteiger partial charge >= 0.3 is 0 Å². The Kier molecular flexibility index (Phi) is 3.31. The summed E-state index contributed by atoms with van der Waals surface area (Å²) in [5.74, 6) is 0.295. The van der Waals surface area contributed by atoms with Crippen LogP contribution in [0.25, 0.3) is 0 Å². The molecule has 1 amide bonds. The number of hydrogen-bond acceptors (Lipinski definition) is 2. The highest BCUT2D eigenvalue weighted by Crippen LogP contribution is 2.39. The van der Waals surface area contributed by atoms with Crippen molar-refractivity contribution in [2.75, 3.05) is 0 Å². The number of benzene rings is 1. The van der Waals surface area contributed by atoms with Crippen LogP contribution in [0.4, 0.5) is 0 Å². The Balaban J connectivity index is 2.02. The van der Waals surface area contributed by atoms with Crippen molar-refractivity contribution in [3.63, 3.8) is 0 Å². The summed E-state index contributed by atoms with van der Waals surface area (Å²) in [6.07, 6.45) is 4.80. The maximum atomic E-state index is 12.4. The maximum Gasteiger partial charge on any atom is 0.223 e. The van der Waals surface area contributed by atoms with E-state index >= 15 is 0 Å². The molecular formula is C16H22N2O. The normalized spacial score (nSPS) is 28.3. The van der Waals surface area contributed by atoms with Crippen LogP contribution < -0.4 is 5.73 Å². The van der Waals surface area contributed by atoms with Crippen molar-refractivity contribution in [3.8, 4) is 0 Å². The third-order valence-electron chi connectivity index (χ3n) is 4.37. The number of rotatable bonds is 2. The number of carbonyl (C=O) groups is 1. The van der Waals surface area contributed by atoms with E-state index in [0.717, 1.165) is 25.7 Å². The SMILES string of the molecule is Cc1ccccc1C1C(N)CCCC(=O)N1C1CC1. The van der Waals surface area contributed by atoms with Gasteiger partial charge < -0.3 is 10.6 Å². The van der Waals surface area contributed by atoms with Crippen LogP contribution in [-0.2, 0) is 4.79 Å². The molecule has 2 N–H and O–H groups in total. The minimum atomic E-state index is 0.0631. The molecule has 0 radical (unpaired) electrons. The summed E-state index contributed by atoms with van der Waals surface area (Å²) in [5, 5.41) is 0. The van der Waals surface area contributed by atoms with E-state index in [2.05, 4.69) is 30.0 Å². The second-order valence-corrected chi connectivity index (χ2v) is 5.89. The van der Waals surface area contributed by atoms with Crippen LogP contribution >= 0.6 is 0 Å². The van der Waals surface area contributed by atoms with Crippen molar-refractivity contribution >= 4 is 5.91 Å². The zero-order valence-electron chi connectivity index (χ0n) is 11.5. The van der Waals surface area contributed by atoms with Gasteiger partial charge in [0.2, 0.25) is 5.91 Å². The van der Waals surface area contributed by atoms with Gasteiger partial charge in [0.1, 0.15) is 0 Å². The fraction of sp³-hybridized carbons (Fsp3) is 0.562. The molecule has 1 saturated heterocycles. The van der Waals surface area contributed by atoms with E-state index in [1.165, 1.54) is 11.1 Å². The lowest BCUT2D eigenvalue weighted by Crippen LogP contribution is -2.43. The van der Waals surface area contributed by atoms with Crippen molar-refractivity contribution in [3.05, 3.63) is 35.4 Å². The quantitative estimate of drug-likeness (QED) is 0.886. The van der Waals surface area contributed by atoms with E-state index in [1.807, 2.05) is 6.07 Å². The average molecular weight is 258 g/mol. The second-order valence-electron chi connectivity index (χ2n) is 5.89. The van der Waals surface area contributed by atoms with Crippen LogP contribution in [0.1, 0.15) is 49.3 Å². The van der Waals surface area contributed by atoms with E-state index in [4.69, 9.17) is 5.73 Å². The van der Waals surface area contributed by atoms with E-state index in [9.17, 15) is 4.79 Å². The van der Waals surface area contributed by atoms with E-state index in [1.54, 1.807) is 0 Å². The number of hydrogen-bond donors (Lipinski definition) is 1. The third-order valence-corrected chi connectivity index (χ3v) is 4.37. The molecule has 2 fully saturated rings. The Labute approximate surface area is 114 Å². The molecule has 0 aromatic heterocycles. The van der Waals surface area contributed by atoms with Crippen molar-refractivity contribution in [1.82, 2.24) is 4.90 Å². The number of nitrogens with zero attached hydrogens (tertiary/aromatic N) is 1. The van der Waals surface area contributed by atoms with Gasteiger partial charge in [0.25, 0.3) is 0 Å². The van der Waals surface area contributed by atoms with E-state index < -0.39 is 0 Å². The summed E-state index contributed by atoms with van der Waals surface area (Å²) in [4.78, 5) is 14.5. The predicted molar refractivity (Wildman–Crippen MR) is 75.6 cm³/mol. The Hall–Kier alpha value is -1.35. The van der Waals surface area contributed by atoms with Gasteiger partial charge in [-0.05, 0) is 43.7 Å². The summed E-state index contributed by atoms with van der Waals surface area (Å²) in [5.41, 5.74) is 8.88. The molecule has 1 aromatic carbocycles. The highest BCUT2D eigenvalue weighted by atomic mass is 16.2. The van der Waals surface area contributed by atoms with Gasteiger partial charge in [0.05, 0.1) is 6.04 Å². The fourth-order valence-corrected chi connectivity index (χ4v) is 3.22. The van der Waals surface area contributed by atoms with Crippen LogP contribution in [0.15, 0.2) is 24.3 Å². The van der Waals surface area contributed by atoms with Gasteiger partial charge in [-0.3, -0.25) is 4.79 Å². The van der Waals surface area contributed by atoms with Crippen molar-refractivity contribution in [2.45, 2.75) is 57.2 Å². The highest BCUT2D eigenvalue weighted by Gasteiger charge is 2.41. The molecule has 3 nitrogen and oxygen atoms in total. The first-order valence-electron chi connectivity index (χ1n) is 7.31. The van der Waals surface area contributed by atoms with Gasteiger partial charge in [-0.1, -0.05) is 24.3 Å². The summed E-state index contributed by atoms with van der Waals surface area (Å²) in [7, 11) is 0. The van der Waals surface area contributed by atoms with Crippen LogP contribution in [0, 0.1) is 6.92 Å². The van der Waals surface area contributed by atoms with Gasteiger partial charge in [-0.25, -0.2) is 0 Å². The predicted octanol–water partition coefficient (Wildman–Crippen LogP) is 2.54. The molecule has 0 bridgehead atoms.